The van der Waals surface area contributed by atoms with Gasteiger partial charge in [0.2, 0.25) is 5.91 Å². The minimum Gasteiger partial charge on any atom is -0.327 e. The summed E-state index contributed by atoms with van der Waals surface area (Å²) in [4.78, 5) is 26.3. The predicted molar refractivity (Wildman–Crippen MR) is 68.5 cm³/mol. The van der Waals surface area contributed by atoms with Gasteiger partial charge >= 0.3 is 0 Å². The van der Waals surface area contributed by atoms with Crippen LogP contribution >= 0.6 is 0 Å². The van der Waals surface area contributed by atoms with Crippen LogP contribution in [0.3, 0.4) is 0 Å². The fourth-order valence-corrected chi connectivity index (χ4v) is 2.77. The second-order valence-electron chi connectivity index (χ2n) is 5.05. The van der Waals surface area contributed by atoms with E-state index in [1.54, 1.807) is 4.90 Å². The van der Waals surface area contributed by atoms with Crippen molar-refractivity contribution in [1.82, 2.24) is 4.90 Å². The number of hydrogen-bond acceptors (Lipinski definition) is 2. The minimum atomic E-state index is -0.293. The molecule has 4 nitrogen and oxygen atoms in total. The first kappa shape index (κ1) is 11.3. The Morgan fingerprint density at radius 2 is 2.11 bits per heavy atom. The van der Waals surface area contributed by atoms with Crippen LogP contribution in [0.25, 0.3) is 0 Å². The molecule has 1 saturated heterocycles. The summed E-state index contributed by atoms with van der Waals surface area (Å²) in [6.45, 7) is 2.64. The summed E-state index contributed by atoms with van der Waals surface area (Å²) in [5.74, 6) is -0.0690. The van der Waals surface area contributed by atoms with Gasteiger partial charge < -0.3 is 10.2 Å². The molecule has 2 amide bonds. The Balaban J connectivity index is 2.08. The molecule has 1 atom stereocenters. The maximum Gasteiger partial charge on any atom is 0.256 e. The molecule has 2 aliphatic rings. The number of aryl methyl sites for hydroxylation is 1. The lowest BCUT2D eigenvalue weighted by Gasteiger charge is -2.32. The third-order valence-corrected chi connectivity index (χ3v) is 3.73. The van der Waals surface area contributed by atoms with Gasteiger partial charge in [-0.2, -0.15) is 0 Å². The molecule has 3 rings (SSSR count). The Morgan fingerprint density at radius 3 is 2.94 bits per heavy atom. The Bertz CT molecular complexity index is 525. The Hall–Kier alpha value is -1.84. The summed E-state index contributed by atoms with van der Waals surface area (Å²) >= 11 is 0. The average Bonchev–Trinajstić information content (AvgIpc) is 2.47. The summed E-state index contributed by atoms with van der Waals surface area (Å²) in [5, 5.41) is 2.89. The van der Waals surface area contributed by atoms with Gasteiger partial charge in [0.25, 0.3) is 5.91 Å². The van der Waals surface area contributed by atoms with Crippen LogP contribution in [-0.2, 0) is 4.79 Å². The monoisotopic (exact) mass is 244 g/mol. The first-order valence-electron chi connectivity index (χ1n) is 6.39. The van der Waals surface area contributed by atoms with E-state index in [9.17, 15) is 9.59 Å². The standard InChI is InChI=1S/C14H16N2O2/c1-9-5-6-10-11(8-9)15-13(17)12-4-2-3-7-16(12)14(10)18/h5-6,8,12H,2-4,7H2,1H3,(H,15,17). The van der Waals surface area contributed by atoms with Crippen molar-refractivity contribution in [2.24, 2.45) is 0 Å². The number of hydrogen-bond donors (Lipinski definition) is 1. The minimum absolute atomic E-state index is 0.0203. The zero-order valence-electron chi connectivity index (χ0n) is 10.4. The molecule has 1 unspecified atom stereocenters. The number of rotatable bonds is 0. The molecule has 1 aromatic rings. The molecule has 1 aromatic carbocycles. The van der Waals surface area contributed by atoms with Crippen molar-refractivity contribution in [2.45, 2.75) is 32.2 Å². The van der Waals surface area contributed by atoms with E-state index in [0.29, 0.717) is 17.8 Å². The lowest BCUT2D eigenvalue weighted by atomic mass is 10.0. The van der Waals surface area contributed by atoms with E-state index in [0.717, 1.165) is 24.8 Å². The number of nitrogens with one attached hydrogen (secondary N) is 1. The van der Waals surface area contributed by atoms with E-state index >= 15 is 0 Å². The summed E-state index contributed by atoms with van der Waals surface area (Å²) in [6, 6.07) is 5.29. The van der Waals surface area contributed by atoms with Crippen LogP contribution < -0.4 is 5.32 Å². The molecule has 4 heteroatoms. The number of nitrogens with zero attached hydrogens (tertiary/aromatic N) is 1. The lowest BCUT2D eigenvalue weighted by Crippen LogP contribution is -2.47. The van der Waals surface area contributed by atoms with Crippen LogP contribution in [0.2, 0.25) is 0 Å². The summed E-state index contributed by atoms with van der Waals surface area (Å²) in [7, 11) is 0. The van der Waals surface area contributed by atoms with Crippen LogP contribution in [-0.4, -0.2) is 29.3 Å². The number of amides is 2. The molecule has 18 heavy (non-hydrogen) atoms. The number of benzene rings is 1. The molecular formula is C14H16N2O2. The predicted octanol–water partition coefficient (Wildman–Crippen LogP) is 1.94. The van der Waals surface area contributed by atoms with Crippen LogP contribution in [0.5, 0.6) is 0 Å². The number of piperidine rings is 1. The van der Waals surface area contributed by atoms with Gasteiger partial charge in [-0.3, -0.25) is 9.59 Å². The molecule has 0 bridgehead atoms. The van der Waals surface area contributed by atoms with Gasteiger partial charge in [-0.1, -0.05) is 6.07 Å². The molecule has 0 spiro atoms. The second kappa shape index (κ2) is 4.12. The van der Waals surface area contributed by atoms with Crippen molar-refractivity contribution in [3.05, 3.63) is 29.3 Å². The normalized spacial score (nSPS) is 22.9. The highest BCUT2D eigenvalue weighted by Gasteiger charge is 2.36. The maximum absolute atomic E-state index is 12.5. The zero-order valence-corrected chi connectivity index (χ0v) is 10.4. The highest BCUT2D eigenvalue weighted by molar-refractivity contribution is 6.10. The van der Waals surface area contributed by atoms with Crippen molar-refractivity contribution in [1.29, 1.82) is 0 Å². The van der Waals surface area contributed by atoms with E-state index < -0.39 is 0 Å². The third kappa shape index (κ3) is 1.68. The van der Waals surface area contributed by atoms with Gasteiger partial charge in [0.1, 0.15) is 6.04 Å². The van der Waals surface area contributed by atoms with Crippen molar-refractivity contribution < 1.29 is 9.59 Å². The molecule has 94 valence electrons. The molecule has 0 saturated carbocycles. The van der Waals surface area contributed by atoms with E-state index in [-0.39, 0.29) is 17.9 Å². The molecule has 0 radical (unpaired) electrons. The zero-order chi connectivity index (χ0) is 12.7. The van der Waals surface area contributed by atoms with E-state index in [1.165, 1.54) is 0 Å². The number of anilines is 1. The number of carbonyl (C=O) groups is 2. The summed E-state index contributed by atoms with van der Waals surface area (Å²) in [6.07, 6.45) is 2.76. The second-order valence-corrected chi connectivity index (χ2v) is 5.05. The SMILES string of the molecule is Cc1ccc2c(c1)NC(=O)C1CCCCN1C2=O. The molecule has 0 aromatic heterocycles. The maximum atomic E-state index is 12.5. The molecular weight excluding hydrogens is 228 g/mol. The van der Waals surface area contributed by atoms with Gasteiger partial charge in [0.15, 0.2) is 0 Å². The van der Waals surface area contributed by atoms with Crippen molar-refractivity contribution in [3.8, 4) is 0 Å². The third-order valence-electron chi connectivity index (χ3n) is 3.73. The van der Waals surface area contributed by atoms with Crippen LogP contribution in [0.4, 0.5) is 5.69 Å². The van der Waals surface area contributed by atoms with Crippen LogP contribution in [0.1, 0.15) is 35.2 Å². The van der Waals surface area contributed by atoms with E-state index in [4.69, 9.17) is 0 Å². The fraction of sp³-hybridized carbons (Fsp3) is 0.429. The smallest absolute Gasteiger partial charge is 0.256 e. The summed E-state index contributed by atoms with van der Waals surface area (Å²) in [5.41, 5.74) is 2.31. The van der Waals surface area contributed by atoms with E-state index in [1.807, 2.05) is 25.1 Å². The highest BCUT2D eigenvalue weighted by Crippen LogP contribution is 2.28. The number of fused-ring (bicyclic) bond motifs is 2. The first-order valence-corrected chi connectivity index (χ1v) is 6.39. The highest BCUT2D eigenvalue weighted by atomic mass is 16.2. The van der Waals surface area contributed by atoms with Gasteiger partial charge in [-0.15, -0.1) is 0 Å². The van der Waals surface area contributed by atoms with Gasteiger partial charge in [0.05, 0.1) is 11.3 Å². The largest absolute Gasteiger partial charge is 0.327 e. The molecule has 0 aliphatic carbocycles. The Morgan fingerprint density at radius 1 is 1.28 bits per heavy atom. The summed E-state index contributed by atoms with van der Waals surface area (Å²) < 4.78 is 0. The average molecular weight is 244 g/mol. The molecule has 1 N–H and O–H groups in total. The van der Waals surface area contributed by atoms with E-state index in [2.05, 4.69) is 5.32 Å². The Labute approximate surface area is 106 Å². The molecule has 1 fully saturated rings. The topological polar surface area (TPSA) is 49.4 Å². The van der Waals surface area contributed by atoms with Crippen LogP contribution in [0.15, 0.2) is 18.2 Å². The van der Waals surface area contributed by atoms with Gasteiger partial charge in [-0.05, 0) is 43.9 Å². The first-order chi connectivity index (χ1) is 8.66. The lowest BCUT2D eigenvalue weighted by molar-refractivity contribution is -0.121. The number of carbonyl (C=O) groups excluding carboxylic acids is 2. The van der Waals surface area contributed by atoms with Crippen molar-refractivity contribution >= 4 is 17.5 Å². The van der Waals surface area contributed by atoms with Gasteiger partial charge in [-0.25, -0.2) is 0 Å². The van der Waals surface area contributed by atoms with Crippen molar-refractivity contribution in [2.75, 3.05) is 11.9 Å². The fourth-order valence-electron chi connectivity index (χ4n) is 2.77. The van der Waals surface area contributed by atoms with Crippen LogP contribution in [0, 0.1) is 6.92 Å². The molecule has 2 heterocycles. The quantitative estimate of drug-likeness (QED) is 0.758. The Kier molecular flexibility index (Phi) is 2.58. The van der Waals surface area contributed by atoms with Crippen molar-refractivity contribution in [3.63, 3.8) is 0 Å². The van der Waals surface area contributed by atoms with Gasteiger partial charge in [0, 0.05) is 6.54 Å². The molecule has 2 aliphatic heterocycles.